The molecule has 3 rings (SSSR count). The van der Waals surface area contributed by atoms with E-state index in [1.54, 1.807) is 5.57 Å². The lowest BCUT2D eigenvalue weighted by molar-refractivity contribution is 0.404. The minimum absolute atomic E-state index is 0.280. The topological polar surface area (TPSA) is 0 Å². The van der Waals surface area contributed by atoms with Gasteiger partial charge in [-0.15, -0.1) is 22.2 Å². The van der Waals surface area contributed by atoms with Gasteiger partial charge in [-0.25, -0.2) is 0 Å². The van der Waals surface area contributed by atoms with E-state index in [9.17, 15) is 0 Å². The molecule has 0 saturated heterocycles. The first kappa shape index (κ1) is 9.74. The molecule has 78 valence electrons. The summed E-state index contributed by atoms with van der Waals surface area (Å²) < 4.78 is 0. The van der Waals surface area contributed by atoms with Crippen molar-refractivity contribution in [2.45, 2.75) is 43.7 Å². The summed E-state index contributed by atoms with van der Waals surface area (Å²) in [4.78, 5) is 0. The van der Waals surface area contributed by atoms with Gasteiger partial charge in [-0.3, -0.25) is 0 Å². The molecule has 2 fully saturated rings. The van der Waals surface area contributed by atoms with Crippen LogP contribution >= 0.6 is 22.2 Å². The van der Waals surface area contributed by atoms with Crippen LogP contribution in [0.15, 0.2) is 11.6 Å². The van der Waals surface area contributed by atoms with E-state index in [0.717, 1.165) is 11.8 Å². The van der Waals surface area contributed by atoms with Crippen LogP contribution < -0.4 is 0 Å². The van der Waals surface area contributed by atoms with Crippen LogP contribution in [0.3, 0.4) is 0 Å². The van der Waals surface area contributed by atoms with Gasteiger partial charge in [-0.1, -0.05) is 11.6 Å². The zero-order valence-corrected chi connectivity index (χ0v) is 11.0. The van der Waals surface area contributed by atoms with Crippen molar-refractivity contribution in [2.24, 2.45) is 11.8 Å². The van der Waals surface area contributed by atoms with Crippen molar-refractivity contribution in [3.63, 3.8) is 0 Å². The molecule has 2 bridgehead atoms. The monoisotopic (exact) mass is 246 g/mol. The molecule has 3 heteroatoms. The first-order valence-electron chi connectivity index (χ1n) is 5.63. The van der Waals surface area contributed by atoms with Crippen molar-refractivity contribution in [1.29, 1.82) is 0 Å². The van der Waals surface area contributed by atoms with Crippen molar-refractivity contribution in [3.8, 4) is 0 Å². The predicted molar refractivity (Wildman–Crippen MR) is 64.2 cm³/mol. The first-order valence-corrected chi connectivity index (χ1v) is 10.2. The highest BCUT2D eigenvalue weighted by molar-refractivity contribution is 7.46. The lowest BCUT2D eigenvalue weighted by atomic mass is 9.85. The summed E-state index contributed by atoms with van der Waals surface area (Å²) >= 11 is 13.1. The van der Waals surface area contributed by atoms with Crippen molar-refractivity contribution >= 4 is 28.9 Å². The Kier molecular flexibility index (Phi) is 1.95. The largest absolute Gasteiger partial charge is 0.258 e. The summed E-state index contributed by atoms with van der Waals surface area (Å²) in [6, 6.07) is 0. The Labute approximate surface area is 96.1 Å². The highest BCUT2D eigenvalue weighted by Crippen LogP contribution is 2.73. The minimum Gasteiger partial charge on any atom is -0.145 e. The minimum atomic E-state index is -2.04. The van der Waals surface area contributed by atoms with Crippen LogP contribution in [0.1, 0.15) is 32.1 Å². The van der Waals surface area contributed by atoms with Crippen LogP contribution in [0.2, 0.25) is 11.6 Å². The van der Waals surface area contributed by atoms with Gasteiger partial charge in [-0.2, -0.15) is 0 Å². The van der Waals surface area contributed by atoms with Gasteiger partial charge >= 0.3 is 0 Å². The van der Waals surface area contributed by atoms with E-state index in [4.69, 9.17) is 22.2 Å². The number of rotatable bonds is 1. The Morgan fingerprint density at radius 3 is 2.93 bits per heavy atom. The number of halogens is 2. The first-order chi connectivity index (χ1) is 6.55. The fourth-order valence-corrected chi connectivity index (χ4v) is 7.79. The van der Waals surface area contributed by atoms with Gasteiger partial charge in [0.2, 0.25) is 0 Å². The second-order valence-electron chi connectivity index (χ2n) is 5.32. The number of allylic oxidation sites excluding steroid dienone is 2. The Morgan fingerprint density at radius 2 is 2.21 bits per heavy atom. The van der Waals surface area contributed by atoms with E-state index in [0.29, 0.717) is 0 Å². The van der Waals surface area contributed by atoms with E-state index in [1.165, 1.54) is 32.1 Å². The third kappa shape index (κ3) is 1.02. The molecule has 0 radical (unpaired) electrons. The molecule has 0 aromatic rings. The second-order valence-corrected chi connectivity index (χ2v) is 13.2. The van der Waals surface area contributed by atoms with Crippen LogP contribution in [-0.2, 0) is 0 Å². The lowest BCUT2D eigenvalue weighted by Gasteiger charge is -2.37. The number of hydrogen-bond donors (Lipinski definition) is 0. The van der Waals surface area contributed by atoms with Crippen LogP contribution in [0.5, 0.6) is 0 Å². The third-order valence-electron chi connectivity index (χ3n) is 4.76. The average Bonchev–Trinajstić information content (AvgIpc) is 2.74. The predicted octanol–water partition coefficient (Wildman–Crippen LogP) is 4.43. The fraction of sp³-hybridized carbons (Fsp3) is 0.818. The molecule has 0 N–H and O–H groups in total. The molecular weight excluding hydrogens is 231 g/mol. The third-order valence-corrected chi connectivity index (χ3v) is 9.35. The molecule has 0 heterocycles. The highest BCUT2D eigenvalue weighted by atomic mass is 35.7. The zero-order chi connectivity index (χ0) is 9.97. The summed E-state index contributed by atoms with van der Waals surface area (Å²) in [5, 5.41) is 0.280. The molecule has 3 aliphatic rings. The molecule has 14 heavy (non-hydrogen) atoms. The molecular formula is C11H16Cl2Si. The summed E-state index contributed by atoms with van der Waals surface area (Å²) in [7, 11) is 0. The van der Waals surface area contributed by atoms with Gasteiger partial charge < -0.3 is 0 Å². The SMILES string of the molecule is C[Si](Cl)(Cl)C12CCC(C1)C1CCC=C12. The lowest BCUT2D eigenvalue weighted by Crippen LogP contribution is -2.34. The van der Waals surface area contributed by atoms with E-state index < -0.39 is 6.69 Å². The maximum Gasteiger partial charge on any atom is 0.258 e. The van der Waals surface area contributed by atoms with Crippen molar-refractivity contribution in [2.75, 3.05) is 0 Å². The second kappa shape index (κ2) is 2.81. The molecule has 0 aliphatic heterocycles. The quantitative estimate of drug-likeness (QED) is 0.365. The molecule has 2 saturated carbocycles. The molecule has 0 nitrogen and oxygen atoms in total. The highest BCUT2D eigenvalue weighted by Gasteiger charge is 2.63. The van der Waals surface area contributed by atoms with Crippen LogP contribution in [0.25, 0.3) is 0 Å². The normalized spacial score (nSPS) is 45.5. The van der Waals surface area contributed by atoms with Crippen molar-refractivity contribution in [1.82, 2.24) is 0 Å². The van der Waals surface area contributed by atoms with Crippen LogP contribution in [0, 0.1) is 11.8 Å². The van der Waals surface area contributed by atoms with Gasteiger partial charge in [0.15, 0.2) is 0 Å². The van der Waals surface area contributed by atoms with E-state index >= 15 is 0 Å². The van der Waals surface area contributed by atoms with Crippen LogP contribution in [0.4, 0.5) is 0 Å². The smallest absolute Gasteiger partial charge is 0.145 e. The van der Waals surface area contributed by atoms with E-state index in [2.05, 4.69) is 12.6 Å². The molecule has 3 aliphatic carbocycles. The number of fused-ring (bicyclic) bond motifs is 5. The summed E-state index contributed by atoms with van der Waals surface area (Å²) in [5.41, 5.74) is 1.67. The Balaban J connectivity index is 2.08. The Bertz CT molecular complexity index is 305. The summed E-state index contributed by atoms with van der Waals surface area (Å²) in [6.07, 6.45) is 9.06. The van der Waals surface area contributed by atoms with E-state index in [-0.39, 0.29) is 5.04 Å². The molecule has 0 spiro atoms. The zero-order valence-electron chi connectivity index (χ0n) is 8.52. The number of hydrogen-bond acceptors (Lipinski definition) is 0. The average molecular weight is 247 g/mol. The standard InChI is InChI=1S/C11H16Cl2Si/c1-14(12,13)11-6-5-8(7-11)9-3-2-4-10(9)11/h4,8-9H,2-3,5-7H2,1H3. The molecule has 0 amide bonds. The van der Waals surface area contributed by atoms with Crippen molar-refractivity contribution < 1.29 is 0 Å². The molecule has 0 aromatic heterocycles. The Hall–Kier alpha value is 0.537. The van der Waals surface area contributed by atoms with Gasteiger partial charge in [0, 0.05) is 5.04 Å². The molecule has 0 aromatic carbocycles. The van der Waals surface area contributed by atoms with Gasteiger partial charge in [0.25, 0.3) is 6.69 Å². The van der Waals surface area contributed by atoms with Crippen molar-refractivity contribution in [3.05, 3.63) is 11.6 Å². The molecule has 3 unspecified atom stereocenters. The van der Waals surface area contributed by atoms with Crippen LogP contribution in [-0.4, -0.2) is 6.69 Å². The fourth-order valence-electron chi connectivity index (χ4n) is 4.11. The summed E-state index contributed by atoms with van der Waals surface area (Å²) in [6.45, 7) is 0.0826. The maximum atomic E-state index is 6.55. The van der Waals surface area contributed by atoms with Gasteiger partial charge in [0.05, 0.1) is 0 Å². The summed E-state index contributed by atoms with van der Waals surface area (Å²) in [5.74, 6) is 1.79. The van der Waals surface area contributed by atoms with Gasteiger partial charge in [0.1, 0.15) is 0 Å². The molecule has 3 atom stereocenters. The maximum absolute atomic E-state index is 6.55. The van der Waals surface area contributed by atoms with Gasteiger partial charge in [-0.05, 0) is 50.5 Å². The van der Waals surface area contributed by atoms with E-state index in [1.807, 2.05) is 0 Å². The Morgan fingerprint density at radius 1 is 1.43 bits per heavy atom.